The van der Waals surface area contributed by atoms with Crippen LogP contribution in [0.25, 0.3) is 0 Å². The van der Waals surface area contributed by atoms with Crippen LogP contribution in [0.2, 0.25) is 4.34 Å². The number of carbonyl (C=O) groups excluding carboxylic acids is 1. The topological polar surface area (TPSA) is 49.3 Å². The predicted octanol–water partition coefficient (Wildman–Crippen LogP) is 2.74. The van der Waals surface area contributed by atoms with Crippen LogP contribution < -0.4 is 5.32 Å². The van der Waals surface area contributed by atoms with Gasteiger partial charge in [0.25, 0.3) is 0 Å². The first kappa shape index (κ1) is 12.9. The minimum atomic E-state index is -0.478. The van der Waals surface area contributed by atoms with Crippen molar-refractivity contribution in [2.24, 2.45) is 5.92 Å². The zero-order valence-electron chi connectivity index (χ0n) is 9.65. The first-order valence-corrected chi connectivity index (χ1v) is 7.01. The SMILES string of the molecule is CC(NC(=O)C1CCCC1O)c1ccc(Cl)s1. The number of nitrogens with one attached hydrogen (secondary N) is 1. The average Bonchev–Trinajstić information content (AvgIpc) is 2.86. The van der Waals surface area contributed by atoms with Gasteiger partial charge in [0, 0.05) is 4.88 Å². The second-order valence-corrected chi connectivity index (χ2v) is 6.22. The molecule has 5 heteroatoms. The molecule has 17 heavy (non-hydrogen) atoms. The van der Waals surface area contributed by atoms with E-state index in [1.165, 1.54) is 11.3 Å². The maximum Gasteiger partial charge on any atom is 0.226 e. The van der Waals surface area contributed by atoms with Gasteiger partial charge in [0.2, 0.25) is 5.91 Å². The quantitative estimate of drug-likeness (QED) is 0.890. The third-order valence-electron chi connectivity index (χ3n) is 3.20. The summed E-state index contributed by atoms with van der Waals surface area (Å²) in [6.45, 7) is 1.93. The number of rotatable bonds is 3. The van der Waals surface area contributed by atoms with Crippen molar-refractivity contribution in [3.8, 4) is 0 Å². The largest absolute Gasteiger partial charge is 0.392 e. The Balaban J connectivity index is 1.94. The molecule has 1 saturated carbocycles. The van der Waals surface area contributed by atoms with Gasteiger partial charge in [-0.2, -0.15) is 0 Å². The van der Waals surface area contributed by atoms with Gasteiger partial charge in [-0.15, -0.1) is 11.3 Å². The van der Waals surface area contributed by atoms with Crippen molar-refractivity contribution in [2.75, 3.05) is 0 Å². The van der Waals surface area contributed by atoms with E-state index in [1.54, 1.807) is 0 Å². The molecular formula is C12H16ClNO2S. The maximum absolute atomic E-state index is 11.9. The Kier molecular flexibility index (Phi) is 4.07. The van der Waals surface area contributed by atoms with E-state index >= 15 is 0 Å². The van der Waals surface area contributed by atoms with E-state index in [9.17, 15) is 9.90 Å². The first-order valence-electron chi connectivity index (χ1n) is 5.81. The van der Waals surface area contributed by atoms with Gasteiger partial charge in [-0.3, -0.25) is 4.79 Å². The lowest BCUT2D eigenvalue weighted by Crippen LogP contribution is -2.36. The summed E-state index contributed by atoms with van der Waals surface area (Å²) in [7, 11) is 0. The van der Waals surface area contributed by atoms with E-state index < -0.39 is 6.10 Å². The standard InChI is InChI=1S/C12H16ClNO2S/c1-7(10-5-6-11(13)17-10)14-12(16)8-3-2-4-9(8)15/h5-9,15H,2-4H2,1H3,(H,14,16). The Labute approximate surface area is 110 Å². The number of halogens is 1. The van der Waals surface area contributed by atoms with E-state index in [0.29, 0.717) is 0 Å². The lowest BCUT2D eigenvalue weighted by molar-refractivity contribution is -0.128. The molecule has 1 aliphatic rings. The minimum absolute atomic E-state index is 0.0483. The zero-order chi connectivity index (χ0) is 12.4. The molecule has 0 bridgehead atoms. The third kappa shape index (κ3) is 3.00. The van der Waals surface area contributed by atoms with Gasteiger partial charge in [0.05, 0.1) is 22.4 Å². The molecule has 1 aliphatic carbocycles. The van der Waals surface area contributed by atoms with Crippen molar-refractivity contribution < 1.29 is 9.90 Å². The highest BCUT2D eigenvalue weighted by Crippen LogP contribution is 2.29. The summed E-state index contributed by atoms with van der Waals surface area (Å²) < 4.78 is 0.724. The highest BCUT2D eigenvalue weighted by atomic mass is 35.5. The summed E-state index contributed by atoms with van der Waals surface area (Å²) in [5.41, 5.74) is 0. The van der Waals surface area contributed by atoms with E-state index in [2.05, 4.69) is 5.32 Å². The van der Waals surface area contributed by atoms with E-state index in [1.807, 2.05) is 19.1 Å². The smallest absolute Gasteiger partial charge is 0.226 e. The number of aliphatic hydroxyl groups is 1. The number of amides is 1. The average molecular weight is 274 g/mol. The number of hydrogen-bond acceptors (Lipinski definition) is 3. The van der Waals surface area contributed by atoms with Gasteiger partial charge in [-0.05, 0) is 38.3 Å². The summed E-state index contributed by atoms with van der Waals surface area (Å²) in [4.78, 5) is 13.0. The Bertz CT molecular complexity index is 407. The second-order valence-electron chi connectivity index (χ2n) is 4.48. The Morgan fingerprint density at radius 2 is 2.35 bits per heavy atom. The van der Waals surface area contributed by atoms with Crippen molar-refractivity contribution in [3.63, 3.8) is 0 Å². The van der Waals surface area contributed by atoms with Crippen LogP contribution in [0.1, 0.15) is 37.1 Å². The molecule has 1 aromatic heterocycles. The van der Waals surface area contributed by atoms with Crippen molar-refractivity contribution in [1.29, 1.82) is 0 Å². The molecule has 0 radical (unpaired) electrons. The van der Waals surface area contributed by atoms with Crippen LogP contribution in [0.5, 0.6) is 0 Å². The van der Waals surface area contributed by atoms with Gasteiger partial charge in [0.15, 0.2) is 0 Å². The van der Waals surface area contributed by atoms with Crippen LogP contribution in [0.15, 0.2) is 12.1 Å². The summed E-state index contributed by atoms with van der Waals surface area (Å²) in [5, 5.41) is 12.6. The third-order valence-corrected chi connectivity index (χ3v) is 4.61. The molecule has 0 spiro atoms. The molecule has 1 fully saturated rings. The fourth-order valence-corrected chi connectivity index (χ4v) is 3.26. The molecule has 1 heterocycles. The highest BCUT2D eigenvalue weighted by Gasteiger charge is 2.32. The van der Waals surface area contributed by atoms with Crippen molar-refractivity contribution in [3.05, 3.63) is 21.3 Å². The van der Waals surface area contributed by atoms with Crippen LogP contribution in [-0.4, -0.2) is 17.1 Å². The maximum atomic E-state index is 11.9. The number of hydrogen-bond donors (Lipinski definition) is 2. The van der Waals surface area contributed by atoms with E-state index in [4.69, 9.17) is 11.6 Å². The van der Waals surface area contributed by atoms with Crippen LogP contribution in [0, 0.1) is 5.92 Å². The van der Waals surface area contributed by atoms with E-state index in [0.717, 1.165) is 28.5 Å². The second kappa shape index (κ2) is 5.38. The van der Waals surface area contributed by atoms with Gasteiger partial charge in [0.1, 0.15) is 0 Å². The normalized spacial score (nSPS) is 25.8. The minimum Gasteiger partial charge on any atom is -0.392 e. The summed E-state index contributed by atoms with van der Waals surface area (Å²) >= 11 is 7.33. The number of aliphatic hydroxyl groups excluding tert-OH is 1. The van der Waals surface area contributed by atoms with Crippen LogP contribution in [0.3, 0.4) is 0 Å². The highest BCUT2D eigenvalue weighted by molar-refractivity contribution is 7.16. The van der Waals surface area contributed by atoms with E-state index in [-0.39, 0.29) is 17.9 Å². The molecule has 0 aliphatic heterocycles. The van der Waals surface area contributed by atoms with Gasteiger partial charge in [-0.1, -0.05) is 11.6 Å². The Morgan fingerprint density at radius 1 is 1.59 bits per heavy atom. The lowest BCUT2D eigenvalue weighted by atomic mass is 10.0. The molecular weight excluding hydrogens is 258 g/mol. The van der Waals surface area contributed by atoms with Gasteiger partial charge >= 0.3 is 0 Å². The van der Waals surface area contributed by atoms with Crippen molar-refractivity contribution in [2.45, 2.75) is 38.3 Å². The first-order chi connectivity index (χ1) is 8.08. The zero-order valence-corrected chi connectivity index (χ0v) is 11.2. The van der Waals surface area contributed by atoms with Gasteiger partial charge < -0.3 is 10.4 Å². The Morgan fingerprint density at radius 3 is 2.88 bits per heavy atom. The molecule has 1 aromatic rings. The molecule has 1 amide bonds. The molecule has 3 atom stereocenters. The number of carbonyl (C=O) groups is 1. The fourth-order valence-electron chi connectivity index (χ4n) is 2.20. The number of thiophene rings is 1. The summed E-state index contributed by atoms with van der Waals surface area (Å²) in [6, 6.07) is 3.70. The van der Waals surface area contributed by atoms with Crippen molar-refractivity contribution >= 4 is 28.8 Å². The predicted molar refractivity (Wildman–Crippen MR) is 69.2 cm³/mol. The Hall–Kier alpha value is -0.580. The summed E-state index contributed by atoms with van der Waals surface area (Å²) in [6.07, 6.45) is 1.97. The molecule has 3 unspecified atom stereocenters. The van der Waals surface area contributed by atoms with Crippen LogP contribution in [0.4, 0.5) is 0 Å². The molecule has 3 nitrogen and oxygen atoms in total. The van der Waals surface area contributed by atoms with Crippen molar-refractivity contribution in [1.82, 2.24) is 5.32 Å². The van der Waals surface area contributed by atoms with Gasteiger partial charge in [-0.25, -0.2) is 0 Å². The fraction of sp³-hybridized carbons (Fsp3) is 0.583. The molecule has 2 rings (SSSR count). The molecule has 2 N–H and O–H groups in total. The van der Waals surface area contributed by atoms with Crippen LogP contribution in [-0.2, 0) is 4.79 Å². The monoisotopic (exact) mass is 273 g/mol. The lowest BCUT2D eigenvalue weighted by Gasteiger charge is -2.18. The molecule has 94 valence electrons. The summed E-state index contributed by atoms with van der Waals surface area (Å²) in [5.74, 6) is -0.292. The van der Waals surface area contributed by atoms with Crippen LogP contribution >= 0.6 is 22.9 Å². The molecule has 0 saturated heterocycles. The molecule has 0 aromatic carbocycles.